The molecular weight excluding hydrogens is 272 g/mol. The molecule has 1 N–H and O–H groups in total. The quantitative estimate of drug-likeness (QED) is 0.780. The fourth-order valence-electron chi connectivity index (χ4n) is 0.806. The Morgan fingerprint density at radius 1 is 1.58 bits per heavy atom. The molecule has 0 aliphatic heterocycles. The lowest BCUT2D eigenvalue weighted by molar-refractivity contribution is 0.0959. The molecule has 12 heavy (non-hydrogen) atoms. The summed E-state index contributed by atoms with van der Waals surface area (Å²) in [5.41, 5.74) is 0.0874. The zero-order valence-corrected chi connectivity index (χ0v) is 8.55. The summed E-state index contributed by atoms with van der Waals surface area (Å²) >= 11 is 2.03. The van der Waals surface area contributed by atoms with E-state index in [-0.39, 0.29) is 5.56 Å². The summed E-state index contributed by atoms with van der Waals surface area (Å²) in [6.07, 6.45) is 0. The van der Waals surface area contributed by atoms with Gasteiger partial charge in [-0.05, 0) is 40.8 Å². The Morgan fingerprint density at radius 3 is 2.83 bits per heavy atom. The number of hydrogen-bond donors (Lipinski definition) is 1. The smallest absolute Gasteiger partial charge is 0.254 e. The summed E-state index contributed by atoms with van der Waals surface area (Å²) in [6.45, 7) is 0. The lowest BCUT2D eigenvalue weighted by Crippen LogP contribution is -2.19. The minimum atomic E-state index is -0.491. The topological polar surface area (TPSA) is 29.1 Å². The van der Waals surface area contributed by atoms with Gasteiger partial charge in [0, 0.05) is 10.6 Å². The number of hydrogen-bond acceptors (Lipinski definition) is 1. The van der Waals surface area contributed by atoms with E-state index < -0.39 is 11.7 Å². The van der Waals surface area contributed by atoms with Crippen LogP contribution in [-0.4, -0.2) is 13.0 Å². The van der Waals surface area contributed by atoms with E-state index in [1.807, 2.05) is 22.6 Å². The largest absolute Gasteiger partial charge is 0.355 e. The van der Waals surface area contributed by atoms with Crippen LogP contribution in [-0.2, 0) is 0 Å². The summed E-state index contributed by atoms with van der Waals surface area (Å²) in [6, 6.07) is 4.41. The number of amides is 1. The van der Waals surface area contributed by atoms with E-state index in [1.165, 1.54) is 19.2 Å². The molecule has 0 saturated heterocycles. The first kappa shape index (κ1) is 9.44. The molecule has 0 unspecified atom stereocenters. The molecular formula is C8H7FINO. The first-order chi connectivity index (χ1) is 5.65. The van der Waals surface area contributed by atoms with E-state index in [4.69, 9.17) is 0 Å². The van der Waals surface area contributed by atoms with Crippen molar-refractivity contribution in [2.45, 2.75) is 0 Å². The molecule has 64 valence electrons. The minimum Gasteiger partial charge on any atom is -0.355 e. The van der Waals surface area contributed by atoms with Crippen LogP contribution in [0.15, 0.2) is 18.2 Å². The van der Waals surface area contributed by atoms with E-state index in [2.05, 4.69) is 5.32 Å². The normalized spacial score (nSPS) is 9.58. The van der Waals surface area contributed by atoms with Gasteiger partial charge in [0.25, 0.3) is 5.91 Å². The maximum absolute atomic E-state index is 12.9. The third-order valence-corrected chi connectivity index (χ3v) is 2.07. The molecule has 0 atom stereocenters. The monoisotopic (exact) mass is 279 g/mol. The van der Waals surface area contributed by atoms with Gasteiger partial charge in [-0.3, -0.25) is 4.79 Å². The van der Waals surface area contributed by atoms with Gasteiger partial charge in [-0.15, -0.1) is 0 Å². The van der Waals surface area contributed by atoms with Crippen molar-refractivity contribution in [1.29, 1.82) is 0 Å². The highest BCUT2D eigenvalue weighted by Gasteiger charge is 2.09. The Balaban J connectivity index is 3.13. The van der Waals surface area contributed by atoms with Crippen LogP contribution in [0.5, 0.6) is 0 Å². The van der Waals surface area contributed by atoms with Crippen LogP contribution in [0.1, 0.15) is 10.4 Å². The van der Waals surface area contributed by atoms with E-state index in [0.29, 0.717) is 0 Å². The van der Waals surface area contributed by atoms with Crippen molar-refractivity contribution in [3.8, 4) is 0 Å². The van der Waals surface area contributed by atoms with Crippen LogP contribution in [0.2, 0.25) is 0 Å². The number of carbonyl (C=O) groups excluding carboxylic acids is 1. The van der Waals surface area contributed by atoms with E-state index in [9.17, 15) is 9.18 Å². The highest BCUT2D eigenvalue weighted by molar-refractivity contribution is 14.1. The number of benzene rings is 1. The molecule has 0 radical (unpaired) electrons. The third kappa shape index (κ3) is 1.94. The van der Waals surface area contributed by atoms with Crippen LogP contribution in [0, 0.1) is 9.39 Å². The minimum absolute atomic E-state index is 0.0874. The predicted octanol–water partition coefficient (Wildman–Crippen LogP) is 1.79. The second kappa shape index (κ2) is 3.84. The number of rotatable bonds is 1. The summed E-state index contributed by atoms with van der Waals surface area (Å²) in [4.78, 5) is 11.0. The van der Waals surface area contributed by atoms with Gasteiger partial charge in [0.1, 0.15) is 5.82 Å². The Morgan fingerprint density at radius 2 is 2.25 bits per heavy atom. The molecule has 0 fully saturated rings. The molecule has 0 heterocycles. The van der Waals surface area contributed by atoms with E-state index in [0.717, 1.165) is 3.57 Å². The Labute approximate surface area is 83.3 Å². The van der Waals surface area contributed by atoms with Gasteiger partial charge in [0.15, 0.2) is 0 Å². The molecule has 0 saturated carbocycles. The first-order valence-electron chi connectivity index (χ1n) is 3.32. The molecule has 0 bridgehead atoms. The fourth-order valence-corrected chi connectivity index (χ4v) is 1.30. The average molecular weight is 279 g/mol. The zero-order chi connectivity index (χ0) is 9.14. The van der Waals surface area contributed by atoms with Crippen molar-refractivity contribution >= 4 is 28.5 Å². The Bertz CT molecular complexity index is 314. The third-order valence-electron chi connectivity index (χ3n) is 1.40. The van der Waals surface area contributed by atoms with Gasteiger partial charge < -0.3 is 5.32 Å². The molecule has 0 aliphatic rings. The van der Waals surface area contributed by atoms with Crippen molar-refractivity contribution in [1.82, 2.24) is 5.32 Å². The number of halogens is 2. The lowest BCUT2D eigenvalue weighted by Gasteiger charge is -2.01. The van der Waals surface area contributed by atoms with Crippen molar-refractivity contribution in [2.75, 3.05) is 7.05 Å². The molecule has 0 aliphatic carbocycles. The van der Waals surface area contributed by atoms with E-state index >= 15 is 0 Å². The Kier molecular flexibility index (Phi) is 3.02. The van der Waals surface area contributed by atoms with Gasteiger partial charge in [-0.2, -0.15) is 0 Å². The second-order valence-corrected chi connectivity index (χ2v) is 3.45. The highest BCUT2D eigenvalue weighted by Crippen LogP contribution is 2.11. The second-order valence-electron chi connectivity index (χ2n) is 2.20. The maximum Gasteiger partial charge on any atom is 0.254 e. The lowest BCUT2D eigenvalue weighted by atomic mass is 10.2. The van der Waals surface area contributed by atoms with Gasteiger partial charge >= 0.3 is 0 Å². The highest BCUT2D eigenvalue weighted by atomic mass is 127. The standard InChI is InChI=1S/C8H7FINO/c1-11-8(12)6-4-5(10)2-3-7(6)9/h2-4H,1H3,(H,11,12). The van der Waals surface area contributed by atoms with Crippen LogP contribution in [0.25, 0.3) is 0 Å². The van der Waals surface area contributed by atoms with Gasteiger partial charge in [-0.25, -0.2) is 4.39 Å². The molecule has 1 aromatic carbocycles. The van der Waals surface area contributed by atoms with Crippen LogP contribution >= 0.6 is 22.6 Å². The molecule has 4 heteroatoms. The molecule has 2 nitrogen and oxygen atoms in total. The van der Waals surface area contributed by atoms with Gasteiger partial charge in [0.05, 0.1) is 5.56 Å². The van der Waals surface area contributed by atoms with Crippen molar-refractivity contribution < 1.29 is 9.18 Å². The van der Waals surface area contributed by atoms with Crippen LogP contribution in [0.4, 0.5) is 4.39 Å². The van der Waals surface area contributed by atoms with Gasteiger partial charge in [0.2, 0.25) is 0 Å². The molecule has 1 rings (SSSR count). The summed E-state index contributed by atoms with van der Waals surface area (Å²) < 4.78 is 13.8. The summed E-state index contributed by atoms with van der Waals surface area (Å²) in [5, 5.41) is 2.37. The van der Waals surface area contributed by atoms with Crippen molar-refractivity contribution in [2.24, 2.45) is 0 Å². The number of carbonyl (C=O) groups is 1. The summed E-state index contributed by atoms with van der Waals surface area (Å²) in [7, 11) is 1.47. The molecule has 1 aromatic rings. The first-order valence-corrected chi connectivity index (χ1v) is 4.40. The molecule has 1 amide bonds. The number of nitrogens with one attached hydrogen (secondary N) is 1. The Hall–Kier alpha value is -0.650. The molecule has 0 aromatic heterocycles. The van der Waals surface area contributed by atoms with Crippen molar-refractivity contribution in [3.05, 3.63) is 33.1 Å². The SMILES string of the molecule is CNC(=O)c1cc(I)ccc1F. The summed E-state index contributed by atoms with van der Waals surface area (Å²) in [5.74, 6) is -0.888. The zero-order valence-electron chi connectivity index (χ0n) is 6.40. The van der Waals surface area contributed by atoms with Crippen molar-refractivity contribution in [3.63, 3.8) is 0 Å². The van der Waals surface area contributed by atoms with Crippen LogP contribution < -0.4 is 5.32 Å². The van der Waals surface area contributed by atoms with Gasteiger partial charge in [-0.1, -0.05) is 0 Å². The van der Waals surface area contributed by atoms with Crippen LogP contribution in [0.3, 0.4) is 0 Å². The maximum atomic E-state index is 12.9. The predicted molar refractivity (Wildman–Crippen MR) is 52.5 cm³/mol. The average Bonchev–Trinajstić information content (AvgIpc) is 2.08. The fraction of sp³-hybridized carbons (Fsp3) is 0.125. The molecule has 0 spiro atoms. The van der Waals surface area contributed by atoms with E-state index in [1.54, 1.807) is 6.07 Å².